The van der Waals surface area contributed by atoms with Crippen molar-refractivity contribution in [3.63, 3.8) is 0 Å². The van der Waals surface area contributed by atoms with Crippen molar-refractivity contribution in [3.8, 4) is 5.75 Å². The van der Waals surface area contributed by atoms with Crippen LogP contribution in [0.15, 0.2) is 42.5 Å². The summed E-state index contributed by atoms with van der Waals surface area (Å²) in [6, 6.07) is 10.5. The van der Waals surface area contributed by atoms with Crippen LogP contribution in [0.3, 0.4) is 0 Å². The molecule has 0 saturated carbocycles. The number of halogens is 4. The highest BCUT2D eigenvalue weighted by Crippen LogP contribution is 2.26. The molecule has 0 radical (unpaired) electrons. The zero-order valence-electron chi connectivity index (χ0n) is 9.75. The number of rotatable bonds is 4. The minimum Gasteiger partial charge on any atom is -0.489 e. The minimum absolute atomic E-state index is 0.106. The standard InChI is InChI=1S/C14H10F4O/c15-12-9(6-7-11(13(12)16)14(17)18)8-19-10-4-2-1-3-5-10/h1-7,14H,8H2. The average Bonchev–Trinajstić information content (AvgIpc) is 2.41. The van der Waals surface area contributed by atoms with E-state index in [1.54, 1.807) is 30.3 Å². The van der Waals surface area contributed by atoms with Gasteiger partial charge in [0, 0.05) is 5.56 Å². The summed E-state index contributed by atoms with van der Waals surface area (Å²) in [5, 5.41) is 0. The second kappa shape index (κ2) is 5.73. The van der Waals surface area contributed by atoms with Gasteiger partial charge in [-0.25, -0.2) is 17.6 Å². The molecule has 0 aliphatic rings. The van der Waals surface area contributed by atoms with Crippen LogP contribution in [0.5, 0.6) is 5.75 Å². The van der Waals surface area contributed by atoms with Crippen molar-refractivity contribution in [2.24, 2.45) is 0 Å². The normalized spacial score (nSPS) is 10.8. The summed E-state index contributed by atoms with van der Waals surface area (Å²) in [6.45, 7) is -0.226. The van der Waals surface area contributed by atoms with Gasteiger partial charge in [-0.15, -0.1) is 0 Å². The molecule has 0 unspecified atom stereocenters. The molecule has 0 aromatic heterocycles. The largest absolute Gasteiger partial charge is 0.489 e. The third-order valence-electron chi connectivity index (χ3n) is 2.56. The predicted molar refractivity (Wildman–Crippen MR) is 62.1 cm³/mol. The maximum absolute atomic E-state index is 13.5. The molecular weight excluding hydrogens is 260 g/mol. The Morgan fingerprint density at radius 1 is 0.895 bits per heavy atom. The molecule has 0 amide bonds. The van der Waals surface area contributed by atoms with E-state index in [0.29, 0.717) is 5.75 Å². The van der Waals surface area contributed by atoms with Gasteiger partial charge < -0.3 is 4.74 Å². The molecule has 1 nitrogen and oxygen atoms in total. The van der Waals surface area contributed by atoms with Gasteiger partial charge in [-0.05, 0) is 18.2 Å². The lowest BCUT2D eigenvalue weighted by Gasteiger charge is -2.09. The van der Waals surface area contributed by atoms with Crippen LogP contribution in [0.25, 0.3) is 0 Å². The molecule has 0 heterocycles. The molecule has 0 N–H and O–H groups in total. The first-order valence-electron chi connectivity index (χ1n) is 5.52. The van der Waals surface area contributed by atoms with Gasteiger partial charge >= 0.3 is 0 Å². The molecule has 5 heteroatoms. The quantitative estimate of drug-likeness (QED) is 0.744. The summed E-state index contributed by atoms with van der Waals surface area (Å²) in [7, 11) is 0. The summed E-state index contributed by atoms with van der Waals surface area (Å²) in [5.41, 5.74) is -1.05. The summed E-state index contributed by atoms with van der Waals surface area (Å²) < 4.78 is 56.8. The zero-order chi connectivity index (χ0) is 13.8. The Kier molecular flexibility index (Phi) is 4.04. The van der Waals surface area contributed by atoms with E-state index in [2.05, 4.69) is 0 Å². The van der Waals surface area contributed by atoms with Crippen molar-refractivity contribution in [1.29, 1.82) is 0 Å². The second-order valence-corrected chi connectivity index (χ2v) is 3.84. The Morgan fingerprint density at radius 2 is 1.58 bits per heavy atom. The predicted octanol–water partition coefficient (Wildman–Crippen LogP) is 4.48. The molecule has 2 aromatic rings. The fraction of sp³-hybridized carbons (Fsp3) is 0.143. The van der Waals surface area contributed by atoms with Gasteiger partial charge in [0.2, 0.25) is 0 Å². The Morgan fingerprint density at radius 3 is 2.21 bits per heavy atom. The molecule has 2 aromatic carbocycles. The van der Waals surface area contributed by atoms with Crippen molar-refractivity contribution < 1.29 is 22.3 Å². The highest BCUT2D eigenvalue weighted by molar-refractivity contribution is 5.28. The topological polar surface area (TPSA) is 9.23 Å². The van der Waals surface area contributed by atoms with Gasteiger partial charge in [-0.3, -0.25) is 0 Å². The molecule has 0 aliphatic carbocycles. The van der Waals surface area contributed by atoms with Crippen LogP contribution >= 0.6 is 0 Å². The first kappa shape index (κ1) is 13.4. The number of ether oxygens (including phenoxy) is 1. The summed E-state index contributed by atoms with van der Waals surface area (Å²) >= 11 is 0. The van der Waals surface area contributed by atoms with Crippen LogP contribution in [-0.4, -0.2) is 0 Å². The SMILES string of the molecule is Fc1c(COc2ccccc2)ccc(C(F)F)c1F. The molecule has 0 fully saturated rings. The first-order valence-corrected chi connectivity index (χ1v) is 5.52. The molecule has 0 bridgehead atoms. The molecule has 100 valence electrons. The Balaban J connectivity index is 2.16. The minimum atomic E-state index is -3.04. The van der Waals surface area contributed by atoms with Crippen molar-refractivity contribution in [2.45, 2.75) is 13.0 Å². The smallest absolute Gasteiger partial charge is 0.266 e. The monoisotopic (exact) mass is 270 g/mol. The fourth-order valence-electron chi connectivity index (χ4n) is 1.56. The average molecular weight is 270 g/mol. The van der Waals surface area contributed by atoms with E-state index in [9.17, 15) is 17.6 Å². The number of hydrogen-bond donors (Lipinski definition) is 0. The molecule has 19 heavy (non-hydrogen) atoms. The molecule has 2 rings (SSSR count). The Labute approximate surface area is 107 Å². The summed E-state index contributed by atoms with van der Waals surface area (Å²) in [5.74, 6) is -2.34. The van der Waals surface area contributed by atoms with E-state index >= 15 is 0 Å². The number of para-hydroxylation sites is 1. The van der Waals surface area contributed by atoms with Crippen LogP contribution in [0.4, 0.5) is 17.6 Å². The lowest BCUT2D eigenvalue weighted by Crippen LogP contribution is -2.03. The summed E-state index contributed by atoms with van der Waals surface area (Å²) in [4.78, 5) is 0. The van der Waals surface area contributed by atoms with Crippen molar-refractivity contribution in [3.05, 3.63) is 65.2 Å². The van der Waals surface area contributed by atoms with Gasteiger partial charge in [0.15, 0.2) is 11.6 Å². The van der Waals surface area contributed by atoms with Crippen molar-refractivity contribution >= 4 is 0 Å². The maximum atomic E-state index is 13.5. The van der Waals surface area contributed by atoms with E-state index in [4.69, 9.17) is 4.74 Å². The van der Waals surface area contributed by atoms with Crippen LogP contribution < -0.4 is 4.74 Å². The van der Waals surface area contributed by atoms with Gasteiger partial charge in [0.1, 0.15) is 12.4 Å². The lowest BCUT2D eigenvalue weighted by molar-refractivity contribution is 0.145. The summed E-state index contributed by atoms with van der Waals surface area (Å²) in [6.07, 6.45) is -3.04. The molecular formula is C14H10F4O. The molecule has 0 saturated heterocycles. The molecule has 0 aliphatic heterocycles. The van der Waals surface area contributed by atoms with E-state index in [1.807, 2.05) is 0 Å². The van der Waals surface area contributed by atoms with Gasteiger partial charge in [0.25, 0.3) is 6.43 Å². The third-order valence-corrected chi connectivity index (χ3v) is 2.56. The second-order valence-electron chi connectivity index (χ2n) is 3.84. The van der Waals surface area contributed by atoms with E-state index < -0.39 is 23.6 Å². The number of benzene rings is 2. The fourth-order valence-corrected chi connectivity index (χ4v) is 1.56. The van der Waals surface area contributed by atoms with Gasteiger partial charge in [-0.1, -0.05) is 24.3 Å². The van der Waals surface area contributed by atoms with Gasteiger partial charge in [-0.2, -0.15) is 0 Å². The Hall–Kier alpha value is -2.04. The van der Waals surface area contributed by atoms with Crippen LogP contribution in [0.2, 0.25) is 0 Å². The number of alkyl halides is 2. The Bertz CT molecular complexity index is 555. The van der Waals surface area contributed by atoms with Crippen LogP contribution in [-0.2, 0) is 6.61 Å². The van der Waals surface area contributed by atoms with Crippen LogP contribution in [0, 0.1) is 11.6 Å². The van der Waals surface area contributed by atoms with E-state index in [-0.39, 0.29) is 12.2 Å². The van der Waals surface area contributed by atoms with Crippen LogP contribution in [0.1, 0.15) is 17.6 Å². The first-order chi connectivity index (χ1) is 9.09. The lowest BCUT2D eigenvalue weighted by atomic mass is 10.1. The maximum Gasteiger partial charge on any atom is 0.266 e. The molecule has 0 spiro atoms. The molecule has 0 atom stereocenters. The highest BCUT2D eigenvalue weighted by Gasteiger charge is 2.19. The highest BCUT2D eigenvalue weighted by atomic mass is 19.3. The zero-order valence-corrected chi connectivity index (χ0v) is 9.75. The van der Waals surface area contributed by atoms with Gasteiger partial charge in [0.05, 0.1) is 5.56 Å². The van der Waals surface area contributed by atoms with Crippen molar-refractivity contribution in [2.75, 3.05) is 0 Å². The van der Waals surface area contributed by atoms with E-state index in [1.165, 1.54) is 0 Å². The third kappa shape index (κ3) is 3.05. The van der Waals surface area contributed by atoms with Crippen molar-refractivity contribution in [1.82, 2.24) is 0 Å². The van der Waals surface area contributed by atoms with E-state index in [0.717, 1.165) is 12.1 Å². The number of hydrogen-bond acceptors (Lipinski definition) is 1.